The predicted octanol–water partition coefficient (Wildman–Crippen LogP) is 8.37. The first-order chi connectivity index (χ1) is 14.6. The Kier molecular flexibility index (Phi) is 4.19. The predicted molar refractivity (Wildman–Crippen MR) is 127 cm³/mol. The van der Waals surface area contributed by atoms with Crippen LogP contribution in [0.15, 0.2) is 66.7 Å². The quantitative estimate of drug-likeness (QED) is 0.376. The van der Waals surface area contributed by atoms with Gasteiger partial charge in [0.2, 0.25) is 0 Å². The van der Waals surface area contributed by atoms with Crippen LogP contribution in [-0.2, 0) is 5.41 Å². The topological polar surface area (TPSA) is 0 Å². The molecular formula is C29H29Cl. The van der Waals surface area contributed by atoms with Crippen LogP contribution in [-0.4, -0.2) is 0 Å². The number of hydrogen-bond acceptors (Lipinski definition) is 0. The Morgan fingerprint density at radius 2 is 1.53 bits per heavy atom. The first kappa shape index (κ1) is 18.7. The van der Waals surface area contributed by atoms with Crippen molar-refractivity contribution in [3.05, 3.63) is 82.9 Å². The smallest absolute Gasteiger partial charge is 0.0415 e. The molecule has 152 valence electrons. The molecule has 1 spiro atoms. The van der Waals surface area contributed by atoms with Crippen molar-refractivity contribution in [2.24, 2.45) is 23.7 Å². The van der Waals surface area contributed by atoms with Gasteiger partial charge in [0.25, 0.3) is 0 Å². The molecule has 2 saturated carbocycles. The van der Waals surface area contributed by atoms with Gasteiger partial charge in [-0.05, 0) is 94.9 Å². The summed E-state index contributed by atoms with van der Waals surface area (Å²) in [7, 11) is 0. The largest absolute Gasteiger partial charge is 0.0843 e. The first-order valence-electron chi connectivity index (χ1n) is 11.6. The molecule has 0 saturated heterocycles. The second kappa shape index (κ2) is 6.72. The molecule has 0 aliphatic heterocycles. The second-order valence-corrected chi connectivity index (χ2v) is 10.6. The highest BCUT2D eigenvalue weighted by Gasteiger charge is 2.56. The number of fused-ring (bicyclic) bond motifs is 8. The molecule has 0 heterocycles. The van der Waals surface area contributed by atoms with E-state index in [9.17, 15) is 0 Å². The molecule has 0 N–H and O–H groups in total. The summed E-state index contributed by atoms with van der Waals surface area (Å²) in [5, 5.41) is 0.873. The van der Waals surface area contributed by atoms with Gasteiger partial charge in [-0.15, -0.1) is 0 Å². The van der Waals surface area contributed by atoms with Crippen LogP contribution in [0.5, 0.6) is 0 Å². The van der Waals surface area contributed by atoms with E-state index >= 15 is 0 Å². The van der Waals surface area contributed by atoms with Gasteiger partial charge in [0.15, 0.2) is 0 Å². The van der Waals surface area contributed by atoms with E-state index in [4.69, 9.17) is 11.6 Å². The highest BCUT2D eigenvalue weighted by atomic mass is 35.5. The standard InChI is InChI=1S/C29H29Cl/c1-18-12-20-14-19(2)29(22(13-18)15-20)26-11-7-6-10-24(26)28-25(16-23(30)17-27(28)29)21-8-4-3-5-9-21/h3-11,16-20,22H,12-15H2,1-2H3. The molecule has 5 unspecified atom stereocenters. The monoisotopic (exact) mass is 412 g/mol. The zero-order valence-corrected chi connectivity index (χ0v) is 18.6. The average Bonchev–Trinajstić information content (AvgIpc) is 3.03. The minimum absolute atomic E-state index is 0.103. The minimum Gasteiger partial charge on any atom is -0.0843 e. The molecule has 0 amide bonds. The lowest BCUT2D eigenvalue weighted by molar-refractivity contribution is 0.0426. The van der Waals surface area contributed by atoms with Gasteiger partial charge in [-0.1, -0.05) is 80.0 Å². The van der Waals surface area contributed by atoms with Crippen molar-refractivity contribution in [2.45, 2.75) is 44.9 Å². The number of benzene rings is 3. The van der Waals surface area contributed by atoms with E-state index in [1.807, 2.05) is 0 Å². The Morgan fingerprint density at radius 3 is 2.37 bits per heavy atom. The zero-order chi connectivity index (χ0) is 20.5. The summed E-state index contributed by atoms with van der Waals surface area (Å²) in [6.07, 6.45) is 5.45. The maximum absolute atomic E-state index is 6.83. The van der Waals surface area contributed by atoms with Crippen molar-refractivity contribution in [3.63, 3.8) is 0 Å². The summed E-state index contributed by atoms with van der Waals surface area (Å²) in [4.78, 5) is 0. The molecular weight excluding hydrogens is 384 g/mol. The molecule has 0 nitrogen and oxygen atoms in total. The molecule has 1 heteroatoms. The van der Waals surface area contributed by atoms with Gasteiger partial charge in [0.1, 0.15) is 0 Å². The number of halogens is 1. The normalized spacial score (nSPS) is 31.4. The third-order valence-corrected chi connectivity index (χ3v) is 8.64. The molecule has 0 radical (unpaired) electrons. The lowest BCUT2D eigenvalue weighted by Crippen LogP contribution is -2.49. The van der Waals surface area contributed by atoms with Gasteiger partial charge >= 0.3 is 0 Å². The Hall–Kier alpha value is -2.05. The van der Waals surface area contributed by atoms with Gasteiger partial charge < -0.3 is 0 Å². The Balaban J connectivity index is 1.69. The molecule has 3 aliphatic carbocycles. The van der Waals surface area contributed by atoms with Crippen molar-refractivity contribution in [3.8, 4) is 22.3 Å². The van der Waals surface area contributed by atoms with E-state index in [1.165, 1.54) is 53.5 Å². The SMILES string of the molecule is CC1CC2CC(C)C3(c4ccccc4-c4c(-c5ccccc5)cc(Cl)cc43)C(C1)C2. The summed E-state index contributed by atoms with van der Waals surface area (Å²) in [6, 6.07) is 24.6. The lowest BCUT2D eigenvalue weighted by Gasteiger charge is -2.54. The maximum Gasteiger partial charge on any atom is 0.0415 e. The van der Waals surface area contributed by atoms with Crippen LogP contribution in [0.3, 0.4) is 0 Å². The van der Waals surface area contributed by atoms with Gasteiger partial charge in [-0.3, -0.25) is 0 Å². The lowest BCUT2D eigenvalue weighted by atomic mass is 9.49. The highest BCUT2D eigenvalue weighted by Crippen LogP contribution is 2.65. The van der Waals surface area contributed by atoms with Gasteiger partial charge in [0, 0.05) is 10.4 Å². The summed E-state index contributed by atoms with van der Waals surface area (Å²) in [6.45, 7) is 4.99. The van der Waals surface area contributed by atoms with Crippen molar-refractivity contribution < 1.29 is 0 Å². The average molecular weight is 413 g/mol. The Bertz CT molecular complexity index is 1110. The molecule has 30 heavy (non-hydrogen) atoms. The third-order valence-electron chi connectivity index (χ3n) is 8.42. The van der Waals surface area contributed by atoms with Crippen LogP contribution < -0.4 is 0 Å². The molecule has 3 aromatic carbocycles. The fraction of sp³-hybridized carbons (Fsp3) is 0.379. The first-order valence-corrected chi connectivity index (χ1v) is 12.0. The number of rotatable bonds is 1. The van der Waals surface area contributed by atoms with Crippen LogP contribution in [0.1, 0.15) is 50.7 Å². The zero-order valence-electron chi connectivity index (χ0n) is 17.9. The van der Waals surface area contributed by atoms with E-state index in [0.717, 1.165) is 16.9 Å². The fourth-order valence-corrected chi connectivity index (χ4v) is 7.86. The maximum atomic E-state index is 6.83. The Morgan fingerprint density at radius 1 is 0.767 bits per heavy atom. The number of hydrogen-bond donors (Lipinski definition) is 0. The summed E-state index contributed by atoms with van der Waals surface area (Å²) in [5.74, 6) is 3.06. The van der Waals surface area contributed by atoms with Crippen molar-refractivity contribution in [1.29, 1.82) is 0 Å². The van der Waals surface area contributed by atoms with Gasteiger partial charge in [0.05, 0.1) is 0 Å². The van der Waals surface area contributed by atoms with Gasteiger partial charge in [-0.25, -0.2) is 0 Å². The third kappa shape index (κ3) is 2.47. The molecule has 2 fully saturated rings. The molecule has 2 bridgehead atoms. The molecule has 5 atom stereocenters. The summed E-state index contributed by atoms with van der Waals surface area (Å²) < 4.78 is 0. The van der Waals surface area contributed by atoms with Gasteiger partial charge in [-0.2, -0.15) is 0 Å². The van der Waals surface area contributed by atoms with Crippen LogP contribution in [0, 0.1) is 23.7 Å². The van der Waals surface area contributed by atoms with E-state index in [2.05, 4.69) is 80.6 Å². The van der Waals surface area contributed by atoms with E-state index < -0.39 is 0 Å². The van der Waals surface area contributed by atoms with Crippen molar-refractivity contribution >= 4 is 11.6 Å². The summed E-state index contributed by atoms with van der Waals surface area (Å²) in [5.41, 5.74) is 8.59. The molecule has 6 rings (SSSR count). The van der Waals surface area contributed by atoms with E-state index in [0.29, 0.717) is 11.8 Å². The van der Waals surface area contributed by atoms with Crippen LogP contribution in [0.4, 0.5) is 0 Å². The second-order valence-electron chi connectivity index (χ2n) is 10.2. The van der Waals surface area contributed by atoms with E-state index in [-0.39, 0.29) is 5.41 Å². The van der Waals surface area contributed by atoms with E-state index in [1.54, 1.807) is 5.56 Å². The summed E-state index contributed by atoms with van der Waals surface area (Å²) >= 11 is 6.83. The minimum atomic E-state index is 0.103. The van der Waals surface area contributed by atoms with Crippen LogP contribution >= 0.6 is 11.6 Å². The van der Waals surface area contributed by atoms with Crippen LogP contribution in [0.25, 0.3) is 22.3 Å². The molecule has 0 aromatic heterocycles. The molecule has 3 aromatic rings. The van der Waals surface area contributed by atoms with Crippen molar-refractivity contribution in [1.82, 2.24) is 0 Å². The van der Waals surface area contributed by atoms with Crippen LogP contribution in [0.2, 0.25) is 5.02 Å². The Labute approximate surface area is 185 Å². The fourth-order valence-electron chi connectivity index (χ4n) is 7.64. The van der Waals surface area contributed by atoms with Crippen molar-refractivity contribution in [2.75, 3.05) is 0 Å². The molecule has 3 aliphatic rings. The highest BCUT2D eigenvalue weighted by molar-refractivity contribution is 6.31.